The zero-order valence-corrected chi connectivity index (χ0v) is 12.3. The number of hydrogen-bond donors (Lipinski definition) is 1. The quantitative estimate of drug-likeness (QED) is 0.673. The number of rotatable bonds is 3. The number of nitrogens with one attached hydrogen (secondary N) is 1. The first-order valence-corrected chi connectivity index (χ1v) is 7.07. The summed E-state index contributed by atoms with van der Waals surface area (Å²) in [5, 5.41) is 3.47. The predicted octanol–water partition coefficient (Wildman–Crippen LogP) is 3.11. The molecule has 0 radical (unpaired) electrons. The van der Waals surface area contributed by atoms with E-state index in [1.807, 2.05) is 0 Å². The molecule has 0 aromatic heterocycles. The summed E-state index contributed by atoms with van der Waals surface area (Å²) in [6.07, 6.45) is 2.87. The highest BCUT2D eigenvalue weighted by atomic mass is 127. The maximum atomic E-state index is 5.68. The van der Waals surface area contributed by atoms with E-state index in [1.54, 1.807) is 6.08 Å². The van der Waals surface area contributed by atoms with Gasteiger partial charge in [-0.3, -0.25) is 0 Å². The third-order valence-corrected chi connectivity index (χ3v) is 3.95. The fourth-order valence-electron chi connectivity index (χ4n) is 2.20. The third kappa shape index (κ3) is 3.01. The molecule has 1 aliphatic rings. The van der Waals surface area contributed by atoms with Gasteiger partial charge in [0.1, 0.15) is 12.4 Å². The molecule has 0 spiro atoms. The van der Waals surface area contributed by atoms with Crippen LogP contribution in [-0.2, 0) is 6.42 Å². The summed E-state index contributed by atoms with van der Waals surface area (Å²) in [6, 6.07) is 4.47. The second-order valence-corrected chi connectivity index (χ2v) is 5.60. The van der Waals surface area contributed by atoms with Crippen LogP contribution in [0.5, 0.6) is 5.75 Å². The first-order valence-electron chi connectivity index (χ1n) is 5.99. The van der Waals surface area contributed by atoms with Gasteiger partial charge < -0.3 is 10.1 Å². The molecule has 3 heteroatoms. The second-order valence-electron chi connectivity index (χ2n) is 4.44. The first-order chi connectivity index (χ1) is 8.22. The van der Waals surface area contributed by atoms with Crippen LogP contribution in [-0.4, -0.2) is 19.7 Å². The summed E-state index contributed by atoms with van der Waals surface area (Å²) in [4.78, 5) is 0. The van der Waals surface area contributed by atoms with Gasteiger partial charge in [-0.25, -0.2) is 0 Å². The van der Waals surface area contributed by atoms with E-state index in [2.05, 4.69) is 53.5 Å². The molecule has 1 heterocycles. The Morgan fingerprint density at radius 1 is 1.59 bits per heavy atom. The molecular weight excluding hydrogens is 325 g/mol. The standard InChI is InChI=1S/C14H18INO/c1-3-6-17-14-7-11-4-5-16-9-10(2)12(11)8-13(14)15/h3,7-8,10,16H,1,4-6,9H2,2H3/t10-/m1/s1. The van der Waals surface area contributed by atoms with E-state index in [9.17, 15) is 0 Å². The maximum absolute atomic E-state index is 5.68. The Balaban J connectivity index is 2.33. The average Bonchev–Trinajstić information content (AvgIpc) is 2.49. The van der Waals surface area contributed by atoms with Crippen molar-refractivity contribution in [3.05, 3.63) is 39.5 Å². The minimum absolute atomic E-state index is 0.572. The van der Waals surface area contributed by atoms with Crippen molar-refractivity contribution in [3.8, 4) is 5.75 Å². The molecule has 0 saturated heterocycles. The van der Waals surface area contributed by atoms with Crippen molar-refractivity contribution in [2.45, 2.75) is 19.3 Å². The van der Waals surface area contributed by atoms with E-state index in [4.69, 9.17) is 4.74 Å². The van der Waals surface area contributed by atoms with Crippen LogP contribution < -0.4 is 10.1 Å². The van der Waals surface area contributed by atoms with Crippen LogP contribution >= 0.6 is 22.6 Å². The molecule has 17 heavy (non-hydrogen) atoms. The van der Waals surface area contributed by atoms with Gasteiger partial charge in [-0.05, 0) is 64.7 Å². The van der Waals surface area contributed by atoms with Crippen LogP contribution in [0.1, 0.15) is 24.0 Å². The van der Waals surface area contributed by atoms with Crippen molar-refractivity contribution in [3.63, 3.8) is 0 Å². The highest BCUT2D eigenvalue weighted by Crippen LogP contribution is 2.31. The Bertz CT molecular complexity index is 417. The van der Waals surface area contributed by atoms with Gasteiger partial charge in [-0.2, -0.15) is 0 Å². The molecule has 0 bridgehead atoms. The van der Waals surface area contributed by atoms with Gasteiger partial charge in [0.25, 0.3) is 0 Å². The Kier molecular flexibility index (Phi) is 4.45. The summed E-state index contributed by atoms with van der Waals surface area (Å²) in [7, 11) is 0. The number of benzene rings is 1. The van der Waals surface area contributed by atoms with Crippen LogP contribution in [0.4, 0.5) is 0 Å². The van der Waals surface area contributed by atoms with Crippen molar-refractivity contribution in [2.75, 3.05) is 19.7 Å². The Morgan fingerprint density at radius 3 is 3.18 bits per heavy atom. The molecule has 1 aliphatic heterocycles. The molecule has 0 unspecified atom stereocenters. The normalized spacial score (nSPS) is 19.3. The largest absolute Gasteiger partial charge is 0.488 e. The first kappa shape index (κ1) is 12.9. The van der Waals surface area contributed by atoms with Crippen molar-refractivity contribution >= 4 is 22.6 Å². The highest BCUT2D eigenvalue weighted by Gasteiger charge is 2.17. The lowest BCUT2D eigenvalue weighted by Crippen LogP contribution is -2.18. The average molecular weight is 343 g/mol. The molecule has 0 saturated carbocycles. The third-order valence-electron chi connectivity index (χ3n) is 3.10. The number of fused-ring (bicyclic) bond motifs is 1. The minimum Gasteiger partial charge on any atom is -0.488 e. The van der Waals surface area contributed by atoms with Crippen molar-refractivity contribution in [2.24, 2.45) is 0 Å². The molecule has 0 aliphatic carbocycles. The predicted molar refractivity (Wildman–Crippen MR) is 79.8 cm³/mol. The van der Waals surface area contributed by atoms with E-state index in [1.165, 1.54) is 14.7 Å². The summed E-state index contributed by atoms with van der Waals surface area (Å²) in [5.41, 5.74) is 2.88. The van der Waals surface area contributed by atoms with Crippen LogP contribution in [0, 0.1) is 3.57 Å². The van der Waals surface area contributed by atoms with Crippen molar-refractivity contribution in [1.29, 1.82) is 0 Å². The lowest BCUT2D eigenvalue weighted by molar-refractivity contribution is 0.360. The van der Waals surface area contributed by atoms with Gasteiger partial charge in [-0.1, -0.05) is 19.6 Å². The van der Waals surface area contributed by atoms with Crippen LogP contribution in [0.25, 0.3) is 0 Å². The molecule has 0 fully saturated rings. The summed E-state index contributed by atoms with van der Waals surface area (Å²) >= 11 is 2.35. The Labute approximate surface area is 117 Å². The highest BCUT2D eigenvalue weighted by molar-refractivity contribution is 14.1. The van der Waals surface area contributed by atoms with E-state index in [0.717, 1.165) is 25.3 Å². The van der Waals surface area contributed by atoms with E-state index in [0.29, 0.717) is 12.5 Å². The Morgan fingerprint density at radius 2 is 2.41 bits per heavy atom. The molecule has 92 valence electrons. The Hall–Kier alpha value is -0.550. The molecule has 1 atom stereocenters. The van der Waals surface area contributed by atoms with Gasteiger partial charge in [0.05, 0.1) is 3.57 Å². The minimum atomic E-state index is 0.572. The van der Waals surface area contributed by atoms with Crippen LogP contribution in [0.15, 0.2) is 24.8 Å². The summed E-state index contributed by atoms with van der Waals surface area (Å²) < 4.78 is 6.87. The van der Waals surface area contributed by atoms with Gasteiger partial charge in [0, 0.05) is 6.54 Å². The number of hydrogen-bond acceptors (Lipinski definition) is 2. The molecule has 0 amide bonds. The molecule has 1 N–H and O–H groups in total. The summed E-state index contributed by atoms with van der Waals surface area (Å²) in [5.74, 6) is 1.56. The van der Waals surface area contributed by atoms with Gasteiger partial charge >= 0.3 is 0 Å². The molecular formula is C14H18INO. The van der Waals surface area contributed by atoms with Crippen LogP contribution in [0.3, 0.4) is 0 Å². The van der Waals surface area contributed by atoms with Crippen molar-refractivity contribution in [1.82, 2.24) is 5.32 Å². The lowest BCUT2D eigenvalue weighted by atomic mass is 9.95. The molecule has 1 aromatic rings. The van der Waals surface area contributed by atoms with Crippen molar-refractivity contribution < 1.29 is 4.74 Å². The zero-order valence-electron chi connectivity index (χ0n) is 10.1. The van der Waals surface area contributed by atoms with Gasteiger partial charge in [-0.15, -0.1) is 0 Å². The molecule has 1 aromatic carbocycles. The number of ether oxygens (including phenoxy) is 1. The van der Waals surface area contributed by atoms with Crippen LogP contribution in [0.2, 0.25) is 0 Å². The van der Waals surface area contributed by atoms with E-state index in [-0.39, 0.29) is 0 Å². The fraction of sp³-hybridized carbons (Fsp3) is 0.429. The van der Waals surface area contributed by atoms with Gasteiger partial charge in [0.2, 0.25) is 0 Å². The lowest BCUT2D eigenvalue weighted by Gasteiger charge is -2.15. The fourth-order valence-corrected chi connectivity index (χ4v) is 2.84. The monoisotopic (exact) mass is 343 g/mol. The topological polar surface area (TPSA) is 21.3 Å². The second kappa shape index (κ2) is 5.87. The maximum Gasteiger partial charge on any atom is 0.133 e. The number of halogens is 1. The van der Waals surface area contributed by atoms with Gasteiger partial charge in [0.15, 0.2) is 0 Å². The SMILES string of the molecule is C=CCOc1cc2c(cc1I)[C@H](C)CNCC2. The van der Waals surface area contributed by atoms with E-state index < -0.39 is 0 Å². The molecule has 2 nitrogen and oxygen atoms in total. The molecule has 2 rings (SSSR count). The van der Waals surface area contributed by atoms with E-state index >= 15 is 0 Å². The smallest absolute Gasteiger partial charge is 0.133 e. The summed E-state index contributed by atoms with van der Waals surface area (Å²) in [6.45, 7) is 8.65. The zero-order chi connectivity index (χ0) is 12.3.